The molecule has 0 bridgehead atoms. The lowest BCUT2D eigenvalue weighted by Crippen LogP contribution is -2.24. The van der Waals surface area contributed by atoms with Gasteiger partial charge >= 0.3 is 0 Å². The fourth-order valence-corrected chi connectivity index (χ4v) is 3.12. The molecule has 1 N–H and O–H groups in total. The van der Waals surface area contributed by atoms with E-state index < -0.39 is 0 Å². The third kappa shape index (κ3) is 4.24. The minimum absolute atomic E-state index is 0.541. The molecule has 112 valence electrons. The molecule has 2 rings (SSSR count). The number of nitrogens with one attached hydrogen (secondary N) is 1. The fraction of sp³-hybridized carbons (Fsp3) is 0.667. The first kappa shape index (κ1) is 15.4. The van der Waals surface area contributed by atoms with Gasteiger partial charge in [-0.1, -0.05) is 32.8 Å². The molecule has 0 aromatic heterocycles. The van der Waals surface area contributed by atoms with Crippen molar-refractivity contribution in [1.29, 1.82) is 0 Å². The van der Waals surface area contributed by atoms with Crippen molar-refractivity contribution >= 4 is 5.69 Å². The van der Waals surface area contributed by atoms with Crippen LogP contribution in [0.15, 0.2) is 18.2 Å². The summed E-state index contributed by atoms with van der Waals surface area (Å²) in [7, 11) is 2.24. The molecule has 0 unspecified atom stereocenters. The van der Waals surface area contributed by atoms with Gasteiger partial charge in [0.15, 0.2) is 0 Å². The predicted octanol–water partition coefficient (Wildman–Crippen LogP) is 4.12. The van der Waals surface area contributed by atoms with E-state index in [0.717, 1.165) is 12.5 Å². The zero-order chi connectivity index (χ0) is 14.5. The molecule has 0 atom stereocenters. The van der Waals surface area contributed by atoms with Crippen LogP contribution in [-0.2, 0) is 6.54 Å². The molecule has 1 aromatic carbocycles. The van der Waals surface area contributed by atoms with Crippen LogP contribution < -0.4 is 10.2 Å². The maximum atomic E-state index is 3.50. The van der Waals surface area contributed by atoms with Gasteiger partial charge in [-0.3, -0.25) is 0 Å². The molecule has 1 aliphatic carbocycles. The Morgan fingerprint density at radius 3 is 2.55 bits per heavy atom. The Labute approximate surface area is 124 Å². The van der Waals surface area contributed by atoms with E-state index in [1.807, 2.05) is 0 Å². The minimum Gasteiger partial charge on any atom is -0.374 e. The fourth-order valence-electron chi connectivity index (χ4n) is 3.12. The maximum Gasteiger partial charge on any atom is 0.0366 e. The summed E-state index contributed by atoms with van der Waals surface area (Å²) in [6.45, 7) is 8.79. The monoisotopic (exact) mass is 274 g/mol. The largest absolute Gasteiger partial charge is 0.374 e. The first-order valence-electron chi connectivity index (χ1n) is 8.10. The van der Waals surface area contributed by atoms with E-state index in [0.29, 0.717) is 6.04 Å². The number of hydrogen-bond acceptors (Lipinski definition) is 2. The van der Waals surface area contributed by atoms with Gasteiger partial charge in [0.25, 0.3) is 0 Å². The van der Waals surface area contributed by atoms with E-state index in [2.05, 4.69) is 56.2 Å². The quantitative estimate of drug-likeness (QED) is 0.839. The second kappa shape index (κ2) is 7.12. The summed E-state index contributed by atoms with van der Waals surface area (Å²) in [5.74, 6) is 0.905. The predicted molar refractivity (Wildman–Crippen MR) is 88.4 cm³/mol. The van der Waals surface area contributed by atoms with Gasteiger partial charge in [0.05, 0.1) is 0 Å². The molecule has 2 nitrogen and oxygen atoms in total. The molecule has 0 saturated heterocycles. The second-order valence-electron chi connectivity index (χ2n) is 6.68. The number of nitrogens with zero attached hydrogens (tertiary/aromatic N) is 1. The lowest BCUT2D eigenvalue weighted by molar-refractivity contribution is 0.547. The minimum atomic E-state index is 0.541. The van der Waals surface area contributed by atoms with Crippen LogP contribution in [0.5, 0.6) is 0 Å². The summed E-state index contributed by atoms with van der Waals surface area (Å²) < 4.78 is 0. The summed E-state index contributed by atoms with van der Waals surface area (Å²) in [6, 6.07) is 7.44. The summed E-state index contributed by atoms with van der Waals surface area (Å²) in [5, 5.41) is 3.50. The molecule has 0 radical (unpaired) electrons. The van der Waals surface area contributed by atoms with Crippen LogP contribution in [0.25, 0.3) is 0 Å². The molecular formula is C18H30N2. The number of hydrogen-bond donors (Lipinski definition) is 1. The van der Waals surface area contributed by atoms with Crippen molar-refractivity contribution in [1.82, 2.24) is 5.32 Å². The third-order valence-corrected chi connectivity index (χ3v) is 4.47. The summed E-state index contributed by atoms with van der Waals surface area (Å²) in [6.07, 6.45) is 5.69. The number of benzene rings is 1. The van der Waals surface area contributed by atoms with E-state index >= 15 is 0 Å². The van der Waals surface area contributed by atoms with Gasteiger partial charge in [-0.2, -0.15) is 0 Å². The molecule has 1 saturated carbocycles. The van der Waals surface area contributed by atoms with Crippen molar-refractivity contribution in [3.05, 3.63) is 29.3 Å². The van der Waals surface area contributed by atoms with E-state index in [9.17, 15) is 0 Å². The van der Waals surface area contributed by atoms with Crippen LogP contribution in [0.1, 0.15) is 50.7 Å². The van der Waals surface area contributed by atoms with Crippen molar-refractivity contribution in [2.45, 2.75) is 59.0 Å². The van der Waals surface area contributed by atoms with Gasteiger partial charge in [-0.05, 0) is 48.9 Å². The molecule has 0 spiro atoms. The molecule has 2 heteroatoms. The zero-order valence-corrected chi connectivity index (χ0v) is 13.6. The van der Waals surface area contributed by atoms with Crippen molar-refractivity contribution in [2.75, 3.05) is 18.5 Å². The Morgan fingerprint density at radius 2 is 1.95 bits per heavy atom. The SMILES string of the molecule is Cc1cc(N(C)CC2CCCC2)ccc1CNC(C)C. The lowest BCUT2D eigenvalue weighted by Gasteiger charge is -2.24. The van der Waals surface area contributed by atoms with Crippen LogP contribution in [-0.4, -0.2) is 19.6 Å². The van der Waals surface area contributed by atoms with Gasteiger partial charge in [-0.25, -0.2) is 0 Å². The highest BCUT2D eigenvalue weighted by Gasteiger charge is 2.17. The maximum absolute atomic E-state index is 3.50. The van der Waals surface area contributed by atoms with E-state index in [4.69, 9.17) is 0 Å². The van der Waals surface area contributed by atoms with Crippen LogP contribution in [0.2, 0.25) is 0 Å². The van der Waals surface area contributed by atoms with Crippen molar-refractivity contribution in [2.24, 2.45) is 5.92 Å². The van der Waals surface area contributed by atoms with Gasteiger partial charge < -0.3 is 10.2 Å². The van der Waals surface area contributed by atoms with Crippen molar-refractivity contribution in [3.63, 3.8) is 0 Å². The van der Waals surface area contributed by atoms with E-state index in [-0.39, 0.29) is 0 Å². The Morgan fingerprint density at radius 1 is 1.25 bits per heavy atom. The summed E-state index contributed by atoms with van der Waals surface area (Å²) >= 11 is 0. The molecule has 0 amide bonds. The van der Waals surface area contributed by atoms with E-state index in [1.165, 1.54) is 49.0 Å². The lowest BCUT2D eigenvalue weighted by atomic mass is 10.1. The number of anilines is 1. The van der Waals surface area contributed by atoms with E-state index in [1.54, 1.807) is 0 Å². The third-order valence-electron chi connectivity index (χ3n) is 4.47. The average molecular weight is 274 g/mol. The Kier molecular flexibility index (Phi) is 5.47. The normalized spacial score (nSPS) is 16.1. The second-order valence-corrected chi connectivity index (χ2v) is 6.68. The van der Waals surface area contributed by atoms with Gasteiger partial charge in [-0.15, -0.1) is 0 Å². The Hall–Kier alpha value is -1.02. The Bertz CT molecular complexity index is 419. The molecule has 0 aliphatic heterocycles. The molecule has 20 heavy (non-hydrogen) atoms. The first-order chi connectivity index (χ1) is 9.56. The highest BCUT2D eigenvalue weighted by atomic mass is 15.1. The van der Waals surface area contributed by atoms with Crippen LogP contribution in [0, 0.1) is 12.8 Å². The molecule has 1 aromatic rings. The number of aryl methyl sites for hydroxylation is 1. The zero-order valence-electron chi connectivity index (χ0n) is 13.6. The highest BCUT2D eigenvalue weighted by molar-refractivity contribution is 5.50. The van der Waals surface area contributed by atoms with Gasteiger partial charge in [0.2, 0.25) is 0 Å². The molecule has 1 fully saturated rings. The smallest absolute Gasteiger partial charge is 0.0366 e. The number of rotatable bonds is 6. The van der Waals surface area contributed by atoms with Crippen LogP contribution in [0.4, 0.5) is 5.69 Å². The first-order valence-corrected chi connectivity index (χ1v) is 8.10. The summed E-state index contributed by atoms with van der Waals surface area (Å²) in [4.78, 5) is 2.43. The summed E-state index contributed by atoms with van der Waals surface area (Å²) in [5.41, 5.74) is 4.17. The van der Waals surface area contributed by atoms with Crippen molar-refractivity contribution < 1.29 is 0 Å². The standard InChI is InChI=1S/C18H30N2/c1-14(2)19-12-17-9-10-18(11-15(17)3)20(4)13-16-7-5-6-8-16/h9-11,14,16,19H,5-8,12-13H2,1-4H3. The molecular weight excluding hydrogens is 244 g/mol. The topological polar surface area (TPSA) is 15.3 Å². The average Bonchev–Trinajstić information content (AvgIpc) is 2.89. The van der Waals surface area contributed by atoms with Gasteiger partial charge in [0.1, 0.15) is 0 Å². The van der Waals surface area contributed by atoms with Gasteiger partial charge in [0, 0.05) is 31.9 Å². The molecule has 0 heterocycles. The van der Waals surface area contributed by atoms with Crippen molar-refractivity contribution in [3.8, 4) is 0 Å². The molecule has 1 aliphatic rings. The van der Waals surface area contributed by atoms with Crippen LogP contribution in [0.3, 0.4) is 0 Å². The highest BCUT2D eigenvalue weighted by Crippen LogP contribution is 2.27. The van der Waals surface area contributed by atoms with Crippen LogP contribution >= 0.6 is 0 Å². The Balaban J connectivity index is 1.96.